The van der Waals surface area contributed by atoms with Gasteiger partial charge in [0.2, 0.25) is 0 Å². The number of carbonyl (C=O) groups excluding carboxylic acids is 1. The van der Waals surface area contributed by atoms with Gasteiger partial charge in [0.05, 0.1) is 13.2 Å². The monoisotopic (exact) mass is 674 g/mol. The summed E-state index contributed by atoms with van der Waals surface area (Å²) in [4.78, 5) is 12.4. The van der Waals surface area contributed by atoms with Crippen LogP contribution in [0.2, 0.25) is 0 Å². The van der Waals surface area contributed by atoms with Crippen LogP contribution in [0.15, 0.2) is 0 Å². The average Bonchev–Trinajstić information content (AvgIpc) is 3.06. The minimum Gasteiger partial charge on any atom is -0.446 e. The second-order valence-electron chi connectivity index (χ2n) is 13.7. The lowest BCUT2D eigenvalue weighted by atomic mass is 10.0. The third-order valence-corrected chi connectivity index (χ3v) is 8.20. The molecule has 0 unspecified atom stereocenters. The van der Waals surface area contributed by atoms with Crippen LogP contribution >= 0.6 is 0 Å². The standard InChI is InChI=1S/C36H73NO4.2C3H8.H2/c1-4-6-8-10-12-14-16-18-20-22-24-26-29-35(41-36(38)37-31-28-32-40-34-33-39-3)30-27-25-23-21-19-17-15-13-11-9-7-5-2;2*1-3-2;/h35H,4-34H2,1-3H3,(H,37,38);2*3H2,1-2H3;1H. The predicted molar refractivity (Wildman–Crippen MR) is 211 cm³/mol. The second-order valence-corrected chi connectivity index (χ2v) is 13.7. The lowest BCUT2D eigenvalue weighted by Gasteiger charge is -2.18. The minimum atomic E-state index is -0.259. The topological polar surface area (TPSA) is 56.8 Å². The van der Waals surface area contributed by atoms with Gasteiger partial charge in [-0.1, -0.05) is 196 Å². The molecule has 5 nitrogen and oxygen atoms in total. The van der Waals surface area contributed by atoms with Gasteiger partial charge < -0.3 is 19.5 Å². The first kappa shape index (κ1) is 50.6. The van der Waals surface area contributed by atoms with Gasteiger partial charge in [0.25, 0.3) is 0 Å². The van der Waals surface area contributed by atoms with Crippen molar-refractivity contribution in [1.82, 2.24) is 5.32 Å². The van der Waals surface area contributed by atoms with E-state index in [4.69, 9.17) is 14.2 Å². The summed E-state index contributed by atoms with van der Waals surface area (Å²) >= 11 is 0. The van der Waals surface area contributed by atoms with Crippen LogP contribution in [0.5, 0.6) is 0 Å². The van der Waals surface area contributed by atoms with Crippen LogP contribution in [0.4, 0.5) is 4.79 Å². The number of nitrogens with one attached hydrogen (secondary N) is 1. The first-order chi connectivity index (χ1) is 23.1. The molecule has 0 fully saturated rings. The fourth-order valence-corrected chi connectivity index (χ4v) is 5.49. The van der Waals surface area contributed by atoms with E-state index in [1.807, 2.05) is 0 Å². The van der Waals surface area contributed by atoms with Gasteiger partial charge in [-0.15, -0.1) is 0 Å². The Bertz CT molecular complexity index is 508. The smallest absolute Gasteiger partial charge is 0.407 e. The molecule has 0 aromatic heterocycles. The van der Waals surface area contributed by atoms with Crippen molar-refractivity contribution in [2.24, 2.45) is 0 Å². The molecule has 0 aromatic carbocycles. The van der Waals surface area contributed by atoms with E-state index < -0.39 is 0 Å². The van der Waals surface area contributed by atoms with Crippen molar-refractivity contribution in [1.29, 1.82) is 0 Å². The van der Waals surface area contributed by atoms with Crippen LogP contribution in [0, 0.1) is 0 Å². The van der Waals surface area contributed by atoms with E-state index in [0.29, 0.717) is 26.4 Å². The molecule has 0 spiro atoms. The molecule has 0 rings (SSSR count). The molecule has 0 aromatic rings. The van der Waals surface area contributed by atoms with Crippen molar-refractivity contribution in [2.45, 2.75) is 234 Å². The Morgan fingerprint density at radius 3 is 1.17 bits per heavy atom. The molecule has 0 aliphatic rings. The quantitative estimate of drug-likeness (QED) is 0.0691. The highest BCUT2D eigenvalue weighted by Crippen LogP contribution is 2.18. The zero-order valence-corrected chi connectivity index (χ0v) is 33.5. The Balaban J connectivity index is -0.00000128. The molecule has 0 radical (unpaired) electrons. The summed E-state index contributed by atoms with van der Waals surface area (Å²) in [5, 5.41) is 2.92. The van der Waals surface area contributed by atoms with Crippen LogP contribution in [0.3, 0.4) is 0 Å². The van der Waals surface area contributed by atoms with E-state index in [1.54, 1.807) is 7.11 Å². The van der Waals surface area contributed by atoms with Crippen molar-refractivity contribution in [3.63, 3.8) is 0 Å². The summed E-state index contributed by atoms with van der Waals surface area (Å²) in [5.74, 6) is 0. The first-order valence-electron chi connectivity index (χ1n) is 21.1. The van der Waals surface area contributed by atoms with Crippen LogP contribution in [0.25, 0.3) is 0 Å². The highest BCUT2D eigenvalue weighted by Gasteiger charge is 2.14. The molecule has 47 heavy (non-hydrogen) atoms. The number of methoxy groups -OCH3 is 1. The summed E-state index contributed by atoms with van der Waals surface area (Å²) in [6, 6.07) is 0. The molecule has 0 heterocycles. The molecule has 0 aliphatic heterocycles. The highest BCUT2D eigenvalue weighted by molar-refractivity contribution is 5.67. The number of hydrogen-bond donors (Lipinski definition) is 1. The molecule has 0 saturated carbocycles. The summed E-state index contributed by atoms with van der Waals surface area (Å²) < 4.78 is 16.3. The van der Waals surface area contributed by atoms with E-state index in [1.165, 1.54) is 167 Å². The van der Waals surface area contributed by atoms with Crippen LogP contribution in [0.1, 0.15) is 229 Å². The lowest BCUT2D eigenvalue weighted by molar-refractivity contribution is 0.0670. The van der Waals surface area contributed by atoms with Gasteiger partial charge in [0.15, 0.2) is 0 Å². The number of ether oxygens (including phenoxy) is 3. The normalized spacial score (nSPS) is 10.7. The number of unbranched alkanes of at least 4 members (excludes halogenated alkanes) is 22. The second kappa shape index (κ2) is 49.6. The number of rotatable bonds is 34. The maximum Gasteiger partial charge on any atom is 0.407 e. The maximum absolute atomic E-state index is 12.4. The summed E-state index contributed by atoms with van der Waals surface area (Å²) in [5.41, 5.74) is 0. The van der Waals surface area contributed by atoms with E-state index in [2.05, 4.69) is 46.9 Å². The van der Waals surface area contributed by atoms with Gasteiger partial charge in [0.1, 0.15) is 6.10 Å². The summed E-state index contributed by atoms with van der Waals surface area (Å²) in [6.07, 6.45) is 37.6. The third-order valence-electron chi connectivity index (χ3n) is 8.20. The van der Waals surface area contributed by atoms with Crippen molar-refractivity contribution in [3.05, 3.63) is 0 Å². The Kier molecular flexibility index (Phi) is 53.3. The zero-order valence-electron chi connectivity index (χ0n) is 33.5. The highest BCUT2D eigenvalue weighted by atomic mass is 16.6. The molecule has 1 N–H and O–H groups in total. The van der Waals surface area contributed by atoms with Crippen LogP contribution in [-0.2, 0) is 14.2 Å². The van der Waals surface area contributed by atoms with Gasteiger partial charge in [-0.05, 0) is 32.1 Å². The van der Waals surface area contributed by atoms with Gasteiger partial charge >= 0.3 is 6.09 Å². The Labute approximate surface area is 298 Å². The molecule has 0 saturated heterocycles. The molecular weight excluding hydrogens is 582 g/mol. The van der Waals surface area contributed by atoms with Gasteiger partial charge in [-0.2, -0.15) is 0 Å². The van der Waals surface area contributed by atoms with E-state index in [0.717, 1.165) is 19.3 Å². The zero-order chi connectivity index (χ0) is 35.3. The first-order valence-corrected chi connectivity index (χ1v) is 21.1. The number of carbonyl (C=O) groups is 1. The largest absolute Gasteiger partial charge is 0.446 e. The van der Waals surface area contributed by atoms with Crippen LogP contribution in [-0.4, -0.2) is 45.7 Å². The van der Waals surface area contributed by atoms with Crippen molar-refractivity contribution in [2.75, 3.05) is 33.5 Å². The van der Waals surface area contributed by atoms with Crippen molar-refractivity contribution >= 4 is 6.09 Å². The molecule has 1 amide bonds. The molecular formula is C42H91NO4. The predicted octanol–water partition coefficient (Wildman–Crippen LogP) is 14.4. The van der Waals surface area contributed by atoms with Crippen LogP contribution < -0.4 is 5.32 Å². The molecule has 5 heteroatoms. The maximum atomic E-state index is 12.4. The number of alkyl carbamates (subject to hydrolysis) is 1. The van der Waals surface area contributed by atoms with E-state index >= 15 is 0 Å². The van der Waals surface area contributed by atoms with Gasteiger partial charge in [-0.25, -0.2) is 4.79 Å². The van der Waals surface area contributed by atoms with Crippen molar-refractivity contribution < 1.29 is 20.4 Å². The summed E-state index contributed by atoms with van der Waals surface area (Å²) in [7, 11) is 1.67. The Hall–Kier alpha value is -0.810. The minimum absolute atomic E-state index is 0. The summed E-state index contributed by atoms with van der Waals surface area (Å²) in [6.45, 7) is 15.5. The molecule has 0 atom stereocenters. The molecule has 0 aliphatic carbocycles. The molecule has 0 bridgehead atoms. The fourth-order valence-electron chi connectivity index (χ4n) is 5.49. The van der Waals surface area contributed by atoms with Crippen molar-refractivity contribution in [3.8, 4) is 0 Å². The number of amides is 1. The average molecular weight is 674 g/mol. The number of hydrogen-bond acceptors (Lipinski definition) is 4. The van der Waals surface area contributed by atoms with Gasteiger partial charge in [0, 0.05) is 21.7 Å². The SMILES string of the molecule is CCC.CCC.CCCCCCCCCCCCCCC(CCCCCCCCCCCCCC)OC(=O)NCCCOCCOC.[HH]. The van der Waals surface area contributed by atoms with Gasteiger partial charge in [-0.3, -0.25) is 0 Å². The van der Waals surface area contributed by atoms with E-state index in [-0.39, 0.29) is 13.6 Å². The fraction of sp³-hybridized carbons (Fsp3) is 0.976. The Morgan fingerprint density at radius 2 is 0.830 bits per heavy atom. The lowest BCUT2D eigenvalue weighted by Crippen LogP contribution is -2.30. The van der Waals surface area contributed by atoms with E-state index in [9.17, 15) is 4.79 Å². The molecule has 288 valence electrons. The Morgan fingerprint density at radius 1 is 0.489 bits per heavy atom. The third kappa shape index (κ3) is 52.2.